The van der Waals surface area contributed by atoms with Crippen LogP contribution in [-0.4, -0.2) is 54.6 Å². The van der Waals surface area contributed by atoms with Crippen molar-refractivity contribution < 1.29 is 13.5 Å². The van der Waals surface area contributed by atoms with Crippen molar-refractivity contribution in [1.29, 1.82) is 0 Å². The molecule has 23 heavy (non-hydrogen) atoms. The third-order valence-electron chi connectivity index (χ3n) is 4.70. The van der Waals surface area contributed by atoms with E-state index < -0.39 is 10.0 Å². The van der Waals surface area contributed by atoms with Crippen LogP contribution in [0.5, 0.6) is 0 Å². The SMILES string of the molecule is C[C@@H](O)C[C@H]1CCCN1c1cc(S(=O)(=O)N2CCCC2)ccn1. The van der Waals surface area contributed by atoms with Crippen molar-refractivity contribution in [3.63, 3.8) is 0 Å². The number of sulfonamides is 1. The minimum Gasteiger partial charge on any atom is -0.393 e. The molecule has 2 fully saturated rings. The summed E-state index contributed by atoms with van der Waals surface area (Å²) in [6, 6.07) is 3.50. The zero-order chi connectivity index (χ0) is 16.4. The highest BCUT2D eigenvalue weighted by Gasteiger charge is 2.30. The maximum atomic E-state index is 12.7. The molecule has 2 saturated heterocycles. The first-order valence-corrected chi connectivity index (χ1v) is 9.83. The van der Waals surface area contributed by atoms with Crippen LogP contribution in [0.3, 0.4) is 0 Å². The van der Waals surface area contributed by atoms with Gasteiger partial charge in [-0.2, -0.15) is 4.31 Å². The standard InChI is InChI=1S/C16H25N3O3S/c1-13(20)11-14-5-4-10-19(14)16-12-15(6-7-17-16)23(21,22)18-8-2-3-9-18/h6-7,12-14,20H,2-5,8-11H2,1H3/t13-,14-/m1/s1. The normalized spacial score (nSPS) is 24.3. The van der Waals surface area contributed by atoms with Crippen molar-refractivity contribution in [2.45, 2.75) is 56.1 Å². The number of anilines is 1. The Morgan fingerprint density at radius 3 is 2.74 bits per heavy atom. The van der Waals surface area contributed by atoms with Gasteiger partial charge >= 0.3 is 0 Å². The summed E-state index contributed by atoms with van der Waals surface area (Å²) in [5.41, 5.74) is 0. The van der Waals surface area contributed by atoms with E-state index in [2.05, 4.69) is 9.88 Å². The minimum absolute atomic E-state index is 0.229. The lowest BCUT2D eigenvalue weighted by Gasteiger charge is -2.27. The fraction of sp³-hybridized carbons (Fsp3) is 0.688. The van der Waals surface area contributed by atoms with Crippen molar-refractivity contribution in [1.82, 2.24) is 9.29 Å². The van der Waals surface area contributed by atoms with E-state index in [1.165, 1.54) is 0 Å². The molecule has 0 radical (unpaired) electrons. The van der Waals surface area contributed by atoms with Gasteiger partial charge in [0.25, 0.3) is 0 Å². The summed E-state index contributed by atoms with van der Waals surface area (Å²) in [5.74, 6) is 0.702. The first kappa shape index (κ1) is 16.7. The Kier molecular flexibility index (Phi) is 4.89. The molecule has 1 aromatic rings. The Balaban J connectivity index is 1.85. The van der Waals surface area contributed by atoms with Crippen LogP contribution in [0.4, 0.5) is 5.82 Å². The zero-order valence-corrected chi connectivity index (χ0v) is 14.4. The van der Waals surface area contributed by atoms with E-state index in [9.17, 15) is 13.5 Å². The van der Waals surface area contributed by atoms with Gasteiger partial charge in [-0.3, -0.25) is 0 Å². The summed E-state index contributed by atoms with van der Waals surface area (Å²) < 4.78 is 27.0. The maximum absolute atomic E-state index is 12.7. The first-order valence-electron chi connectivity index (χ1n) is 8.39. The molecule has 0 spiro atoms. The molecule has 0 bridgehead atoms. The minimum atomic E-state index is -3.41. The van der Waals surface area contributed by atoms with Gasteiger partial charge in [-0.25, -0.2) is 13.4 Å². The van der Waals surface area contributed by atoms with Crippen LogP contribution in [-0.2, 0) is 10.0 Å². The van der Waals surface area contributed by atoms with E-state index in [1.54, 1.807) is 29.6 Å². The van der Waals surface area contributed by atoms with Gasteiger partial charge in [0.1, 0.15) is 5.82 Å². The fourth-order valence-electron chi connectivity index (χ4n) is 3.57. The predicted molar refractivity (Wildman–Crippen MR) is 88.9 cm³/mol. The van der Waals surface area contributed by atoms with Crippen LogP contribution in [0.1, 0.15) is 39.0 Å². The third kappa shape index (κ3) is 3.51. The molecule has 2 aliphatic heterocycles. The Morgan fingerprint density at radius 1 is 1.30 bits per heavy atom. The first-order chi connectivity index (χ1) is 11.0. The average Bonchev–Trinajstić information content (AvgIpc) is 3.18. The van der Waals surface area contributed by atoms with Crippen LogP contribution >= 0.6 is 0 Å². The number of pyridine rings is 1. The lowest BCUT2D eigenvalue weighted by Crippen LogP contribution is -2.33. The molecule has 0 aromatic carbocycles. The molecule has 128 valence electrons. The highest BCUT2D eigenvalue weighted by Crippen LogP contribution is 2.29. The third-order valence-corrected chi connectivity index (χ3v) is 6.60. The second-order valence-electron chi connectivity index (χ2n) is 6.54. The molecule has 0 unspecified atom stereocenters. The second-order valence-corrected chi connectivity index (χ2v) is 8.47. The van der Waals surface area contributed by atoms with Crippen molar-refractivity contribution in [3.05, 3.63) is 18.3 Å². The highest BCUT2D eigenvalue weighted by atomic mass is 32.2. The van der Waals surface area contributed by atoms with Gasteiger partial charge in [0.05, 0.1) is 11.0 Å². The largest absolute Gasteiger partial charge is 0.393 e. The second kappa shape index (κ2) is 6.75. The number of aromatic nitrogens is 1. The molecule has 6 nitrogen and oxygen atoms in total. The number of aliphatic hydroxyl groups excluding tert-OH is 1. The van der Waals surface area contributed by atoms with Crippen LogP contribution in [0.25, 0.3) is 0 Å². The van der Waals surface area contributed by atoms with E-state index in [0.717, 1.165) is 32.2 Å². The summed E-state index contributed by atoms with van der Waals surface area (Å²) in [6.07, 6.45) is 5.81. The number of nitrogens with zero attached hydrogens (tertiary/aromatic N) is 3. The quantitative estimate of drug-likeness (QED) is 0.882. The molecule has 7 heteroatoms. The van der Waals surface area contributed by atoms with E-state index in [4.69, 9.17) is 0 Å². The van der Waals surface area contributed by atoms with Gasteiger partial charge in [0.2, 0.25) is 10.0 Å². The molecule has 0 aliphatic carbocycles. The summed E-state index contributed by atoms with van der Waals surface area (Å²) in [4.78, 5) is 6.84. The van der Waals surface area contributed by atoms with E-state index in [1.807, 2.05) is 0 Å². The van der Waals surface area contributed by atoms with Gasteiger partial charge in [0, 0.05) is 37.9 Å². The Bertz CT molecular complexity index is 642. The van der Waals surface area contributed by atoms with Gasteiger partial charge in [-0.1, -0.05) is 0 Å². The van der Waals surface area contributed by atoms with E-state index in [0.29, 0.717) is 30.2 Å². The predicted octanol–water partition coefficient (Wildman–Crippen LogP) is 1.61. The highest BCUT2D eigenvalue weighted by molar-refractivity contribution is 7.89. The maximum Gasteiger partial charge on any atom is 0.243 e. The number of aliphatic hydroxyl groups is 1. The lowest BCUT2D eigenvalue weighted by molar-refractivity contribution is 0.175. The van der Waals surface area contributed by atoms with Crippen molar-refractivity contribution in [2.24, 2.45) is 0 Å². The zero-order valence-electron chi connectivity index (χ0n) is 13.6. The van der Waals surface area contributed by atoms with E-state index in [-0.39, 0.29) is 12.1 Å². The number of rotatable bonds is 5. The summed E-state index contributed by atoms with van der Waals surface area (Å²) in [5, 5.41) is 9.66. The molecule has 0 saturated carbocycles. The van der Waals surface area contributed by atoms with E-state index >= 15 is 0 Å². The molecule has 3 rings (SSSR count). The summed E-state index contributed by atoms with van der Waals surface area (Å²) in [7, 11) is -3.41. The summed E-state index contributed by atoms with van der Waals surface area (Å²) in [6.45, 7) is 3.86. The fourth-order valence-corrected chi connectivity index (χ4v) is 5.10. The van der Waals surface area contributed by atoms with Gasteiger partial charge in [0.15, 0.2) is 0 Å². The van der Waals surface area contributed by atoms with Gasteiger partial charge < -0.3 is 10.0 Å². The molecule has 0 amide bonds. The number of hydrogen-bond donors (Lipinski definition) is 1. The smallest absolute Gasteiger partial charge is 0.243 e. The lowest BCUT2D eigenvalue weighted by atomic mass is 10.1. The van der Waals surface area contributed by atoms with Gasteiger partial charge in [-0.15, -0.1) is 0 Å². The Labute approximate surface area is 138 Å². The molecule has 1 N–H and O–H groups in total. The van der Waals surface area contributed by atoms with Crippen LogP contribution in [0.2, 0.25) is 0 Å². The van der Waals surface area contributed by atoms with Crippen molar-refractivity contribution in [3.8, 4) is 0 Å². The monoisotopic (exact) mass is 339 g/mol. The van der Waals surface area contributed by atoms with Crippen LogP contribution in [0.15, 0.2) is 23.2 Å². The molecule has 1 aromatic heterocycles. The molecule has 2 aliphatic rings. The summed E-state index contributed by atoms with van der Waals surface area (Å²) >= 11 is 0. The molecular formula is C16H25N3O3S. The number of hydrogen-bond acceptors (Lipinski definition) is 5. The average molecular weight is 339 g/mol. The van der Waals surface area contributed by atoms with Gasteiger partial charge in [-0.05, 0) is 45.1 Å². The topological polar surface area (TPSA) is 73.7 Å². The molecule has 2 atom stereocenters. The van der Waals surface area contributed by atoms with Crippen LogP contribution in [0, 0.1) is 0 Å². The Morgan fingerprint density at radius 2 is 2.04 bits per heavy atom. The Hall–Kier alpha value is -1.18. The van der Waals surface area contributed by atoms with Crippen LogP contribution < -0.4 is 4.90 Å². The van der Waals surface area contributed by atoms with Crippen molar-refractivity contribution >= 4 is 15.8 Å². The van der Waals surface area contributed by atoms with Crippen molar-refractivity contribution in [2.75, 3.05) is 24.5 Å². The molecule has 3 heterocycles. The molecular weight excluding hydrogens is 314 g/mol.